The second kappa shape index (κ2) is 7.24. The Labute approximate surface area is 135 Å². The van der Waals surface area contributed by atoms with Gasteiger partial charge in [-0.15, -0.1) is 0 Å². The summed E-state index contributed by atoms with van der Waals surface area (Å²) in [7, 11) is 4.20. The Hall–Kier alpha value is -2.71. The minimum Gasteiger partial charge on any atom is -0.493 e. The number of nitrogens with zero attached hydrogens (tertiary/aromatic N) is 1. The van der Waals surface area contributed by atoms with Crippen molar-refractivity contribution in [1.82, 2.24) is 4.98 Å². The SMILES string of the molecule is COc1ccc(CNc2c(F)c(F)nc(F)c2F)c(OC)c1OC. The molecular formula is C15H14F4N2O3. The van der Waals surface area contributed by atoms with Crippen molar-refractivity contribution in [2.24, 2.45) is 0 Å². The van der Waals surface area contributed by atoms with Crippen molar-refractivity contribution in [3.63, 3.8) is 0 Å². The van der Waals surface area contributed by atoms with Crippen LogP contribution in [0.1, 0.15) is 5.56 Å². The van der Waals surface area contributed by atoms with E-state index in [9.17, 15) is 17.6 Å². The fourth-order valence-electron chi connectivity index (χ4n) is 2.13. The molecule has 0 aliphatic carbocycles. The van der Waals surface area contributed by atoms with Gasteiger partial charge in [-0.05, 0) is 12.1 Å². The fourth-order valence-corrected chi connectivity index (χ4v) is 2.13. The minimum absolute atomic E-state index is 0.194. The molecule has 0 aliphatic heterocycles. The first-order valence-corrected chi connectivity index (χ1v) is 6.66. The summed E-state index contributed by atoms with van der Waals surface area (Å²) < 4.78 is 69.0. The van der Waals surface area contributed by atoms with Crippen molar-refractivity contribution in [2.45, 2.75) is 6.54 Å². The minimum atomic E-state index is -1.74. The lowest BCUT2D eigenvalue weighted by Gasteiger charge is -2.16. The van der Waals surface area contributed by atoms with E-state index in [1.54, 1.807) is 12.1 Å². The van der Waals surface area contributed by atoms with Crippen LogP contribution in [0.4, 0.5) is 23.2 Å². The molecule has 1 heterocycles. The van der Waals surface area contributed by atoms with Gasteiger partial charge in [0.1, 0.15) is 5.69 Å². The zero-order chi connectivity index (χ0) is 17.9. The highest BCUT2D eigenvalue weighted by molar-refractivity contribution is 5.57. The predicted octanol–water partition coefficient (Wildman–Crippen LogP) is 3.28. The van der Waals surface area contributed by atoms with Gasteiger partial charge in [0, 0.05) is 12.1 Å². The van der Waals surface area contributed by atoms with E-state index in [-0.39, 0.29) is 18.0 Å². The van der Waals surface area contributed by atoms with Gasteiger partial charge in [0.2, 0.25) is 17.4 Å². The molecule has 0 radical (unpaired) electrons. The van der Waals surface area contributed by atoms with E-state index < -0.39 is 29.2 Å². The van der Waals surface area contributed by atoms with Gasteiger partial charge in [-0.1, -0.05) is 0 Å². The zero-order valence-electron chi connectivity index (χ0n) is 13.0. The Morgan fingerprint density at radius 2 is 1.46 bits per heavy atom. The van der Waals surface area contributed by atoms with Crippen molar-refractivity contribution in [2.75, 3.05) is 26.6 Å². The van der Waals surface area contributed by atoms with Gasteiger partial charge in [0.25, 0.3) is 11.9 Å². The molecule has 0 amide bonds. The van der Waals surface area contributed by atoms with E-state index in [2.05, 4.69) is 10.3 Å². The average Bonchev–Trinajstić information content (AvgIpc) is 2.59. The number of ether oxygens (including phenoxy) is 3. The highest BCUT2D eigenvalue weighted by Gasteiger charge is 2.22. The maximum absolute atomic E-state index is 13.6. The van der Waals surface area contributed by atoms with E-state index in [0.717, 1.165) is 0 Å². The third-order valence-corrected chi connectivity index (χ3v) is 3.24. The first kappa shape index (κ1) is 17.6. The standard InChI is InChI=1S/C15H14F4N2O3/c1-22-8-5-4-7(12(23-2)13(8)24-3)6-20-11-9(16)14(18)21-15(19)10(11)17/h4-5H,6H2,1-3H3,(H,20,21). The molecule has 0 fully saturated rings. The van der Waals surface area contributed by atoms with Crippen LogP contribution in [0.5, 0.6) is 17.2 Å². The molecule has 9 heteroatoms. The number of pyridine rings is 1. The number of halogens is 4. The van der Waals surface area contributed by atoms with Gasteiger partial charge in [0.15, 0.2) is 11.5 Å². The van der Waals surface area contributed by atoms with Crippen LogP contribution in [0.15, 0.2) is 12.1 Å². The van der Waals surface area contributed by atoms with Crippen LogP contribution in [0.2, 0.25) is 0 Å². The number of benzene rings is 1. The largest absolute Gasteiger partial charge is 0.493 e. The molecule has 24 heavy (non-hydrogen) atoms. The third kappa shape index (κ3) is 3.15. The lowest BCUT2D eigenvalue weighted by atomic mass is 10.1. The second-order valence-corrected chi connectivity index (χ2v) is 4.54. The van der Waals surface area contributed by atoms with Gasteiger partial charge in [-0.3, -0.25) is 0 Å². The summed E-state index contributed by atoms with van der Waals surface area (Å²) in [5.74, 6) is -5.81. The Kier molecular flexibility index (Phi) is 5.32. The molecule has 0 aliphatic rings. The summed E-state index contributed by atoms with van der Waals surface area (Å²) in [6, 6.07) is 3.11. The maximum Gasteiger partial charge on any atom is 0.253 e. The molecule has 2 aromatic rings. The van der Waals surface area contributed by atoms with Crippen LogP contribution in [0.25, 0.3) is 0 Å². The van der Waals surface area contributed by atoms with Crippen molar-refractivity contribution in [3.8, 4) is 17.2 Å². The molecule has 1 aromatic carbocycles. The van der Waals surface area contributed by atoms with Crippen LogP contribution < -0.4 is 19.5 Å². The molecule has 0 saturated carbocycles. The summed E-state index contributed by atoms with van der Waals surface area (Å²) in [5.41, 5.74) is -0.539. The molecular weight excluding hydrogens is 332 g/mol. The number of methoxy groups -OCH3 is 3. The van der Waals surface area contributed by atoms with E-state index in [1.807, 2.05) is 0 Å². The monoisotopic (exact) mass is 346 g/mol. The number of hydrogen-bond acceptors (Lipinski definition) is 5. The highest BCUT2D eigenvalue weighted by atomic mass is 19.2. The number of anilines is 1. The van der Waals surface area contributed by atoms with Crippen LogP contribution >= 0.6 is 0 Å². The molecule has 2 rings (SSSR count). The van der Waals surface area contributed by atoms with Crippen molar-refractivity contribution >= 4 is 5.69 Å². The molecule has 1 N–H and O–H groups in total. The normalized spacial score (nSPS) is 10.5. The van der Waals surface area contributed by atoms with Crippen LogP contribution in [-0.4, -0.2) is 26.3 Å². The summed E-state index contributed by atoms with van der Waals surface area (Å²) in [6.07, 6.45) is 0. The second-order valence-electron chi connectivity index (χ2n) is 4.54. The van der Waals surface area contributed by atoms with Crippen molar-refractivity contribution in [3.05, 3.63) is 41.2 Å². The summed E-state index contributed by atoms with van der Waals surface area (Å²) in [5, 5.41) is 2.30. The van der Waals surface area contributed by atoms with Gasteiger partial charge < -0.3 is 19.5 Å². The Morgan fingerprint density at radius 3 is 1.96 bits per heavy atom. The van der Waals surface area contributed by atoms with Crippen molar-refractivity contribution in [1.29, 1.82) is 0 Å². The van der Waals surface area contributed by atoms with Gasteiger partial charge in [0.05, 0.1) is 21.3 Å². The number of nitrogens with one attached hydrogen (secondary N) is 1. The molecule has 0 spiro atoms. The lowest BCUT2D eigenvalue weighted by molar-refractivity contribution is 0.322. The molecule has 0 bridgehead atoms. The van der Waals surface area contributed by atoms with E-state index in [4.69, 9.17) is 14.2 Å². The fraction of sp³-hybridized carbons (Fsp3) is 0.267. The van der Waals surface area contributed by atoms with Crippen molar-refractivity contribution < 1.29 is 31.8 Å². The Bertz CT molecular complexity index is 730. The smallest absolute Gasteiger partial charge is 0.253 e. The Balaban J connectivity index is 2.37. The van der Waals surface area contributed by atoms with Gasteiger partial charge in [-0.2, -0.15) is 22.5 Å². The van der Waals surface area contributed by atoms with E-state index in [0.29, 0.717) is 11.3 Å². The first-order chi connectivity index (χ1) is 11.4. The topological polar surface area (TPSA) is 52.6 Å². The van der Waals surface area contributed by atoms with Crippen LogP contribution in [0.3, 0.4) is 0 Å². The summed E-state index contributed by atoms with van der Waals surface area (Å²) >= 11 is 0. The molecule has 0 atom stereocenters. The highest BCUT2D eigenvalue weighted by Crippen LogP contribution is 2.40. The number of rotatable bonds is 6. The third-order valence-electron chi connectivity index (χ3n) is 3.24. The molecule has 130 valence electrons. The Morgan fingerprint density at radius 1 is 0.875 bits per heavy atom. The van der Waals surface area contributed by atoms with Crippen LogP contribution in [-0.2, 0) is 6.54 Å². The first-order valence-electron chi connectivity index (χ1n) is 6.66. The maximum atomic E-state index is 13.6. The predicted molar refractivity (Wildman–Crippen MR) is 77.5 cm³/mol. The van der Waals surface area contributed by atoms with E-state index in [1.165, 1.54) is 21.3 Å². The van der Waals surface area contributed by atoms with E-state index >= 15 is 0 Å². The van der Waals surface area contributed by atoms with Gasteiger partial charge >= 0.3 is 0 Å². The average molecular weight is 346 g/mol. The molecule has 1 aromatic heterocycles. The lowest BCUT2D eigenvalue weighted by Crippen LogP contribution is -2.10. The summed E-state index contributed by atoms with van der Waals surface area (Å²) in [6.45, 7) is -0.194. The molecule has 5 nitrogen and oxygen atoms in total. The summed E-state index contributed by atoms with van der Waals surface area (Å²) in [4.78, 5) is 2.49. The zero-order valence-corrected chi connectivity index (χ0v) is 13.0. The van der Waals surface area contributed by atoms with Crippen LogP contribution in [0, 0.1) is 23.5 Å². The molecule has 0 unspecified atom stereocenters. The van der Waals surface area contributed by atoms with Gasteiger partial charge in [-0.25, -0.2) is 0 Å². The number of aromatic nitrogens is 1. The molecule has 0 saturated heterocycles. The number of hydrogen-bond donors (Lipinski definition) is 1. The quantitative estimate of drug-likeness (QED) is 0.643.